The molecular weight excluding hydrogens is 256 g/mol. The minimum atomic E-state index is -1.57. The summed E-state index contributed by atoms with van der Waals surface area (Å²) in [5.74, 6) is -1.53. The average molecular weight is 272 g/mol. The van der Waals surface area contributed by atoms with Crippen LogP contribution in [0.4, 0.5) is 0 Å². The predicted molar refractivity (Wildman–Crippen MR) is 71.6 cm³/mol. The summed E-state index contributed by atoms with van der Waals surface area (Å²) in [7, 11) is 0. The smallest absolute Gasteiger partial charge is 0.319 e. The summed E-state index contributed by atoms with van der Waals surface area (Å²) in [6.45, 7) is 1.23. The summed E-state index contributed by atoms with van der Waals surface area (Å²) in [6, 6.07) is 11.5. The third-order valence-electron chi connectivity index (χ3n) is 3.72. The molecule has 1 fully saturated rings. The Kier molecular flexibility index (Phi) is 4.16. The van der Waals surface area contributed by atoms with Crippen molar-refractivity contribution in [3.8, 4) is 6.07 Å². The number of carbonyl (C=O) groups excluding carboxylic acids is 1. The zero-order valence-corrected chi connectivity index (χ0v) is 11.1. The van der Waals surface area contributed by atoms with Crippen molar-refractivity contribution in [3.05, 3.63) is 35.9 Å². The third kappa shape index (κ3) is 2.70. The number of aliphatic carboxylic acids is 1. The highest BCUT2D eigenvalue weighted by molar-refractivity contribution is 6.04. The van der Waals surface area contributed by atoms with Crippen molar-refractivity contribution in [2.24, 2.45) is 5.41 Å². The summed E-state index contributed by atoms with van der Waals surface area (Å²) >= 11 is 0. The number of likely N-dealkylation sites (tertiary alicyclic amines) is 1. The Morgan fingerprint density at radius 1 is 1.40 bits per heavy atom. The van der Waals surface area contributed by atoms with Crippen LogP contribution in [0.25, 0.3) is 0 Å². The number of hydrogen-bond donors (Lipinski definition) is 1. The standard InChI is InChI=1S/C15H16N2O3/c16-8-7-15(14(19)20)11-17(9-6-13(15)18)10-12-4-2-1-3-5-12/h1-5H,6-7,9-11H2,(H,19,20). The molecule has 5 heteroatoms. The highest BCUT2D eigenvalue weighted by atomic mass is 16.4. The van der Waals surface area contributed by atoms with E-state index in [9.17, 15) is 14.7 Å². The zero-order chi connectivity index (χ0) is 14.6. The largest absolute Gasteiger partial charge is 0.480 e. The molecule has 104 valence electrons. The van der Waals surface area contributed by atoms with Gasteiger partial charge in [-0.1, -0.05) is 30.3 Å². The van der Waals surface area contributed by atoms with Crippen molar-refractivity contribution < 1.29 is 14.7 Å². The highest BCUT2D eigenvalue weighted by Crippen LogP contribution is 2.31. The van der Waals surface area contributed by atoms with E-state index in [2.05, 4.69) is 0 Å². The van der Waals surface area contributed by atoms with Gasteiger partial charge in [0.05, 0.1) is 12.5 Å². The third-order valence-corrected chi connectivity index (χ3v) is 3.72. The van der Waals surface area contributed by atoms with Gasteiger partial charge < -0.3 is 5.11 Å². The Bertz CT molecular complexity index is 550. The minimum Gasteiger partial charge on any atom is -0.480 e. The summed E-state index contributed by atoms with van der Waals surface area (Å²) in [5, 5.41) is 18.2. The number of carboxylic acids is 1. The zero-order valence-electron chi connectivity index (χ0n) is 11.1. The number of rotatable bonds is 4. The van der Waals surface area contributed by atoms with E-state index in [4.69, 9.17) is 5.26 Å². The maximum Gasteiger partial charge on any atom is 0.319 e. The van der Waals surface area contributed by atoms with E-state index >= 15 is 0 Å². The Morgan fingerprint density at radius 2 is 2.10 bits per heavy atom. The van der Waals surface area contributed by atoms with Crippen LogP contribution in [0, 0.1) is 16.7 Å². The molecule has 2 rings (SSSR count). The van der Waals surface area contributed by atoms with Crippen LogP contribution < -0.4 is 0 Å². The lowest BCUT2D eigenvalue weighted by molar-refractivity contribution is -0.158. The van der Waals surface area contributed by atoms with Crippen LogP contribution in [-0.4, -0.2) is 34.8 Å². The number of carbonyl (C=O) groups is 2. The van der Waals surface area contributed by atoms with Gasteiger partial charge in [-0.15, -0.1) is 0 Å². The van der Waals surface area contributed by atoms with Gasteiger partial charge in [0.1, 0.15) is 0 Å². The first-order valence-corrected chi connectivity index (χ1v) is 6.48. The topological polar surface area (TPSA) is 81.4 Å². The molecule has 0 saturated carbocycles. The average Bonchev–Trinajstić information content (AvgIpc) is 2.43. The van der Waals surface area contributed by atoms with Gasteiger partial charge in [-0.3, -0.25) is 14.5 Å². The number of benzene rings is 1. The second-order valence-electron chi connectivity index (χ2n) is 5.09. The van der Waals surface area contributed by atoms with Gasteiger partial charge in [-0.05, 0) is 5.56 Å². The van der Waals surface area contributed by atoms with Crippen LogP contribution in [0.3, 0.4) is 0 Å². The fourth-order valence-corrected chi connectivity index (χ4v) is 2.58. The number of ketones is 1. The van der Waals surface area contributed by atoms with Crippen molar-refractivity contribution >= 4 is 11.8 Å². The maximum atomic E-state index is 12.0. The molecule has 5 nitrogen and oxygen atoms in total. The summed E-state index contributed by atoms with van der Waals surface area (Å²) in [4.78, 5) is 25.4. The molecule has 0 aliphatic carbocycles. The van der Waals surface area contributed by atoms with Gasteiger partial charge >= 0.3 is 5.97 Å². The molecule has 0 radical (unpaired) electrons. The van der Waals surface area contributed by atoms with E-state index in [-0.39, 0.29) is 25.2 Å². The molecule has 1 atom stereocenters. The first-order valence-electron chi connectivity index (χ1n) is 6.48. The summed E-state index contributed by atoms with van der Waals surface area (Å²) in [5.41, 5.74) is -0.500. The Morgan fingerprint density at radius 3 is 2.70 bits per heavy atom. The van der Waals surface area contributed by atoms with E-state index in [0.29, 0.717) is 13.1 Å². The molecule has 1 aromatic carbocycles. The molecule has 1 N–H and O–H groups in total. The summed E-state index contributed by atoms with van der Waals surface area (Å²) < 4.78 is 0. The van der Waals surface area contributed by atoms with Gasteiger partial charge in [-0.2, -0.15) is 5.26 Å². The predicted octanol–water partition coefficient (Wildman–Crippen LogP) is 1.45. The molecule has 1 saturated heterocycles. The van der Waals surface area contributed by atoms with E-state index in [1.165, 1.54) is 0 Å². The van der Waals surface area contributed by atoms with Gasteiger partial charge in [0, 0.05) is 26.1 Å². The highest BCUT2D eigenvalue weighted by Gasteiger charge is 2.49. The molecule has 0 aromatic heterocycles. The molecule has 0 spiro atoms. The fraction of sp³-hybridized carbons (Fsp3) is 0.400. The van der Waals surface area contributed by atoms with Crippen molar-refractivity contribution in [1.82, 2.24) is 4.90 Å². The Balaban J connectivity index is 2.17. The van der Waals surface area contributed by atoms with E-state index in [1.807, 2.05) is 41.3 Å². The lowest BCUT2D eigenvalue weighted by Crippen LogP contribution is -2.53. The van der Waals surface area contributed by atoms with Crippen molar-refractivity contribution in [2.45, 2.75) is 19.4 Å². The molecule has 0 amide bonds. The molecule has 1 aliphatic heterocycles. The first-order chi connectivity index (χ1) is 9.58. The molecule has 0 bridgehead atoms. The van der Waals surface area contributed by atoms with Crippen molar-refractivity contribution in [2.75, 3.05) is 13.1 Å². The second kappa shape index (κ2) is 5.85. The molecule has 1 heterocycles. The second-order valence-corrected chi connectivity index (χ2v) is 5.09. The number of piperidine rings is 1. The van der Waals surface area contributed by atoms with E-state index < -0.39 is 11.4 Å². The number of nitriles is 1. The van der Waals surface area contributed by atoms with Gasteiger partial charge in [0.2, 0.25) is 0 Å². The van der Waals surface area contributed by atoms with E-state index in [0.717, 1.165) is 5.56 Å². The number of carboxylic acid groups (broad SMARTS) is 1. The van der Waals surface area contributed by atoms with Crippen LogP contribution in [0.5, 0.6) is 0 Å². The van der Waals surface area contributed by atoms with Crippen molar-refractivity contribution in [3.63, 3.8) is 0 Å². The normalized spacial score (nSPS) is 23.2. The quantitative estimate of drug-likeness (QED) is 0.839. The van der Waals surface area contributed by atoms with Crippen LogP contribution in [0.2, 0.25) is 0 Å². The monoisotopic (exact) mass is 272 g/mol. The number of hydrogen-bond acceptors (Lipinski definition) is 4. The maximum absolute atomic E-state index is 12.0. The molecule has 1 aliphatic rings. The van der Waals surface area contributed by atoms with Gasteiger partial charge in [0.25, 0.3) is 0 Å². The molecule has 1 unspecified atom stereocenters. The lowest BCUT2D eigenvalue weighted by Gasteiger charge is -2.37. The number of Topliss-reactive ketones (excluding diaryl/α,β-unsaturated/α-hetero) is 1. The van der Waals surface area contributed by atoms with Gasteiger partial charge in [0.15, 0.2) is 11.2 Å². The lowest BCUT2D eigenvalue weighted by atomic mass is 9.76. The molecule has 20 heavy (non-hydrogen) atoms. The van der Waals surface area contributed by atoms with Crippen LogP contribution >= 0.6 is 0 Å². The first kappa shape index (κ1) is 14.2. The van der Waals surface area contributed by atoms with Crippen LogP contribution in [0.1, 0.15) is 18.4 Å². The SMILES string of the molecule is N#CCC1(C(=O)O)CN(Cc2ccccc2)CCC1=O. The Hall–Kier alpha value is -2.19. The summed E-state index contributed by atoms with van der Waals surface area (Å²) in [6.07, 6.45) is -0.0900. The van der Waals surface area contributed by atoms with Gasteiger partial charge in [-0.25, -0.2) is 0 Å². The Labute approximate surface area is 117 Å². The number of nitrogens with zero attached hydrogens (tertiary/aromatic N) is 2. The molecular formula is C15H16N2O3. The minimum absolute atomic E-state index is 0.101. The fourth-order valence-electron chi connectivity index (χ4n) is 2.58. The van der Waals surface area contributed by atoms with Crippen LogP contribution in [0.15, 0.2) is 30.3 Å². The van der Waals surface area contributed by atoms with Crippen molar-refractivity contribution in [1.29, 1.82) is 5.26 Å². The van der Waals surface area contributed by atoms with Crippen LogP contribution in [-0.2, 0) is 16.1 Å². The molecule has 1 aromatic rings. The van der Waals surface area contributed by atoms with E-state index in [1.54, 1.807) is 0 Å².